The molecule has 0 unspecified atom stereocenters. The van der Waals surface area contributed by atoms with Crippen molar-refractivity contribution in [2.24, 2.45) is 28.7 Å². The fraction of sp³-hybridized carbons (Fsp3) is 0.524. The van der Waals surface area contributed by atoms with Gasteiger partial charge < -0.3 is 54.7 Å². The first kappa shape index (κ1) is 43.0. The lowest BCUT2D eigenvalue weighted by molar-refractivity contribution is -0.160. The summed E-state index contributed by atoms with van der Waals surface area (Å²) in [6.45, 7) is 13.9. The maximum Gasteiger partial charge on any atom is 0.312 e. The Hall–Kier alpha value is -5.12. The molecule has 0 radical (unpaired) electrons. The van der Waals surface area contributed by atoms with Crippen LogP contribution in [0.2, 0.25) is 0 Å². The van der Waals surface area contributed by atoms with Gasteiger partial charge >= 0.3 is 11.8 Å². The van der Waals surface area contributed by atoms with Crippen molar-refractivity contribution in [3.8, 4) is 23.0 Å². The molecular weight excluding hydrogens is 738 g/mol. The molecule has 9 atom stereocenters. The van der Waals surface area contributed by atoms with Gasteiger partial charge in [-0.15, -0.1) is 0 Å². The SMILES string of the molecule is CO[C@H]1/C=C/O[C@@]2(C)Oc3c(C)c(O)c4c(O)c(c(N=CN5CCCC5)c(O)c4c3C2=O)NC(=O)/C(C)=C\C=C\[C@@H](C)[C@H](O)[C@@H](C)[C@H](O)[C@@H](C)[C@H](OC(C)=O)[C@@H]1C. The highest BCUT2D eigenvalue weighted by molar-refractivity contribution is 6.23. The summed E-state index contributed by atoms with van der Waals surface area (Å²) in [5.74, 6) is -8.39. The van der Waals surface area contributed by atoms with Crippen LogP contribution in [-0.4, -0.2) is 105 Å². The van der Waals surface area contributed by atoms with Crippen LogP contribution in [0.3, 0.4) is 0 Å². The lowest BCUT2D eigenvalue weighted by Crippen LogP contribution is -2.46. The normalized spacial score (nSPS) is 32.2. The number of rotatable bonds is 4. The minimum absolute atomic E-state index is 0.0554. The van der Waals surface area contributed by atoms with Crippen molar-refractivity contribution in [1.29, 1.82) is 0 Å². The van der Waals surface area contributed by atoms with Gasteiger partial charge in [0.15, 0.2) is 11.5 Å². The number of methoxy groups -OCH3 is 1. The van der Waals surface area contributed by atoms with Crippen molar-refractivity contribution >= 4 is 46.1 Å². The second-order valence-corrected chi connectivity index (χ2v) is 15.5. The zero-order valence-corrected chi connectivity index (χ0v) is 33.9. The first-order valence-electron chi connectivity index (χ1n) is 19.2. The number of amides is 1. The van der Waals surface area contributed by atoms with Gasteiger partial charge in [0.2, 0.25) is 0 Å². The van der Waals surface area contributed by atoms with E-state index in [1.807, 2.05) is 4.90 Å². The van der Waals surface area contributed by atoms with Gasteiger partial charge in [-0.1, -0.05) is 45.9 Å². The second kappa shape index (κ2) is 17.2. The molecule has 57 heavy (non-hydrogen) atoms. The maximum absolute atomic E-state index is 14.4. The Balaban J connectivity index is 1.71. The predicted octanol–water partition coefficient (Wildman–Crippen LogP) is 5.51. The number of nitrogens with one attached hydrogen (secondary N) is 1. The number of likely N-dealkylation sites (tertiary alicyclic amines) is 1. The first-order chi connectivity index (χ1) is 26.8. The quantitative estimate of drug-likeness (QED) is 0.0741. The number of carbonyl (C=O) groups is 3. The molecular formula is C42H55N3O12. The lowest BCUT2D eigenvalue weighted by Gasteiger charge is -2.38. The van der Waals surface area contributed by atoms with Crippen LogP contribution in [0.15, 0.2) is 41.1 Å². The summed E-state index contributed by atoms with van der Waals surface area (Å²) in [5, 5.41) is 60.2. The van der Waals surface area contributed by atoms with Crippen molar-refractivity contribution < 1.29 is 58.9 Å². The van der Waals surface area contributed by atoms with E-state index in [0.717, 1.165) is 12.8 Å². The summed E-state index contributed by atoms with van der Waals surface area (Å²) in [7, 11) is 1.44. The number of Topliss-reactive ketones (excluding diaryl/α,β-unsaturated/α-hetero) is 1. The Kier molecular flexibility index (Phi) is 13.0. The molecule has 0 aromatic heterocycles. The Labute approximate surface area is 332 Å². The number of aliphatic hydroxyl groups excluding tert-OH is 2. The van der Waals surface area contributed by atoms with Gasteiger partial charge in [-0.25, -0.2) is 4.99 Å². The number of ether oxygens (including phenoxy) is 4. The van der Waals surface area contributed by atoms with Crippen LogP contribution in [0.5, 0.6) is 23.0 Å². The Bertz CT molecular complexity index is 2020. The summed E-state index contributed by atoms with van der Waals surface area (Å²) in [5.41, 5.74) is -0.525. The van der Waals surface area contributed by atoms with Crippen molar-refractivity contribution in [3.05, 3.63) is 47.3 Å². The predicted molar refractivity (Wildman–Crippen MR) is 213 cm³/mol. The smallest absolute Gasteiger partial charge is 0.312 e. The average molecular weight is 794 g/mol. The van der Waals surface area contributed by atoms with Gasteiger partial charge in [0, 0.05) is 74.2 Å². The molecule has 5 bridgehead atoms. The Morgan fingerprint density at radius 1 is 0.965 bits per heavy atom. The van der Waals surface area contributed by atoms with Crippen molar-refractivity contribution in [2.75, 3.05) is 25.5 Å². The summed E-state index contributed by atoms with van der Waals surface area (Å²) >= 11 is 0. The number of phenols is 3. The van der Waals surface area contributed by atoms with Crippen LogP contribution in [-0.2, 0) is 23.8 Å². The molecule has 15 heteroatoms. The first-order valence-corrected chi connectivity index (χ1v) is 19.2. The molecule has 4 aliphatic heterocycles. The van der Waals surface area contributed by atoms with Crippen LogP contribution in [0.4, 0.5) is 11.4 Å². The van der Waals surface area contributed by atoms with Crippen LogP contribution in [0.1, 0.15) is 77.2 Å². The number of esters is 1. The van der Waals surface area contributed by atoms with Crippen LogP contribution in [0.25, 0.3) is 10.8 Å². The molecule has 1 fully saturated rings. The summed E-state index contributed by atoms with van der Waals surface area (Å²) in [4.78, 5) is 46.7. The van der Waals surface area contributed by atoms with E-state index in [1.165, 1.54) is 59.6 Å². The van der Waals surface area contributed by atoms with E-state index in [0.29, 0.717) is 13.1 Å². The molecule has 6 rings (SSSR count). The minimum atomic E-state index is -2.04. The molecule has 4 aliphatic rings. The number of aliphatic imine (C=N–C) groups is 1. The van der Waals surface area contributed by atoms with E-state index in [4.69, 9.17) is 18.9 Å². The van der Waals surface area contributed by atoms with Gasteiger partial charge in [0.1, 0.15) is 29.0 Å². The molecule has 1 saturated heterocycles. The molecule has 4 heterocycles. The third-order valence-electron chi connectivity index (χ3n) is 11.5. The Morgan fingerprint density at radius 3 is 2.26 bits per heavy atom. The molecule has 310 valence electrons. The zero-order chi connectivity index (χ0) is 42.1. The number of aromatic hydroxyl groups is 3. The number of ketones is 1. The number of hydrogen-bond acceptors (Lipinski definition) is 13. The topological polar surface area (TPSA) is 217 Å². The van der Waals surface area contributed by atoms with Gasteiger partial charge in [-0.2, -0.15) is 0 Å². The van der Waals surface area contributed by atoms with Crippen LogP contribution < -0.4 is 10.1 Å². The molecule has 0 spiro atoms. The van der Waals surface area contributed by atoms with Crippen LogP contribution >= 0.6 is 0 Å². The lowest BCUT2D eigenvalue weighted by atomic mass is 9.78. The zero-order valence-electron chi connectivity index (χ0n) is 33.9. The Morgan fingerprint density at radius 2 is 1.63 bits per heavy atom. The molecule has 2 aromatic carbocycles. The number of hydrogen-bond donors (Lipinski definition) is 6. The van der Waals surface area contributed by atoms with E-state index >= 15 is 0 Å². The molecule has 2 aromatic rings. The molecule has 0 aliphatic carbocycles. The highest BCUT2D eigenvalue weighted by atomic mass is 16.7. The number of fused-ring (bicyclic) bond motifs is 14. The second-order valence-electron chi connectivity index (χ2n) is 15.5. The minimum Gasteiger partial charge on any atom is -0.507 e. The van der Waals surface area contributed by atoms with Gasteiger partial charge in [-0.3, -0.25) is 14.4 Å². The average Bonchev–Trinajstić information content (AvgIpc) is 3.79. The summed E-state index contributed by atoms with van der Waals surface area (Å²) in [6.07, 6.45) is 6.90. The number of allylic oxidation sites excluding steroid dienone is 2. The highest BCUT2D eigenvalue weighted by Gasteiger charge is 2.50. The van der Waals surface area contributed by atoms with Crippen molar-refractivity contribution in [3.63, 3.8) is 0 Å². The van der Waals surface area contributed by atoms with Gasteiger partial charge in [-0.05, 0) is 32.8 Å². The number of carbonyl (C=O) groups excluding carboxylic acids is 3. The van der Waals surface area contributed by atoms with Gasteiger partial charge in [0.25, 0.3) is 11.7 Å². The molecule has 6 N–H and O–H groups in total. The monoisotopic (exact) mass is 793 g/mol. The highest BCUT2D eigenvalue weighted by Crippen LogP contribution is 2.57. The molecule has 1 amide bonds. The standard InChI is InChI=1S/C42H55N3O12/c1-20-13-12-14-21(2)41(53)44-32-31(43-19-45-16-10-11-17-45)36(50)28-29(37(32)51)35(49)25(6)39-30(28)40(52)42(8,57-39)55-18-15-27(54-9)22(3)38(56-26(7)46)24(5)34(48)23(4)33(20)47/h12-15,18-20,22-24,27,33-34,38,47-51H,10-11,16-17H2,1-9H3,(H,44,53)/b13-12+,18-15+,21-14-,43-19?/t20-,22-,23-,24-,27+,33+,34+,38-,42+/m1/s1. The summed E-state index contributed by atoms with van der Waals surface area (Å²) in [6, 6.07) is 0. The molecule has 0 saturated carbocycles. The van der Waals surface area contributed by atoms with E-state index in [-0.39, 0.29) is 44.6 Å². The number of nitrogens with zero attached hydrogens (tertiary/aromatic N) is 2. The van der Waals surface area contributed by atoms with Crippen molar-refractivity contribution in [2.45, 2.75) is 98.4 Å². The van der Waals surface area contributed by atoms with E-state index < -0.39 is 88.8 Å². The number of benzene rings is 2. The number of phenolic OH excluding ortho intramolecular Hbond substituents is 3. The third-order valence-corrected chi connectivity index (χ3v) is 11.5. The fourth-order valence-corrected chi connectivity index (χ4v) is 7.83. The van der Waals surface area contributed by atoms with Crippen LogP contribution in [0, 0.1) is 30.6 Å². The van der Waals surface area contributed by atoms with Gasteiger partial charge in [0.05, 0.1) is 41.9 Å². The van der Waals surface area contributed by atoms with E-state index in [1.54, 1.807) is 39.8 Å². The van der Waals surface area contributed by atoms with E-state index in [9.17, 15) is 39.9 Å². The van der Waals surface area contributed by atoms with Crippen molar-refractivity contribution in [1.82, 2.24) is 4.90 Å². The largest absolute Gasteiger partial charge is 0.507 e. The summed E-state index contributed by atoms with van der Waals surface area (Å²) < 4.78 is 23.5. The fourth-order valence-electron chi connectivity index (χ4n) is 7.83. The maximum atomic E-state index is 14.4. The third kappa shape index (κ3) is 8.32. The number of anilines is 1. The molecule has 15 nitrogen and oxygen atoms in total. The number of aliphatic hydroxyl groups is 2. The van der Waals surface area contributed by atoms with E-state index in [2.05, 4.69) is 10.3 Å².